The van der Waals surface area contributed by atoms with Crippen LogP contribution in [0.3, 0.4) is 0 Å². The molecule has 11 heavy (non-hydrogen) atoms. The number of hydrogen-bond acceptors (Lipinski definition) is 3. The summed E-state index contributed by atoms with van der Waals surface area (Å²) < 4.78 is 4.96. The van der Waals surface area contributed by atoms with Crippen LogP contribution in [-0.2, 0) is 9.53 Å². The molecule has 1 N–H and O–H groups in total. The summed E-state index contributed by atoms with van der Waals surface area (Å²) in [5.41, 5.74) is 0. The van der Waals surface area contributed by atoms with Crippen LogP contribution < -0.4 is 0 Å². The normalized spacial score (nSPS) is 37.9. The Morgan fingerprint density at radius 3 is 2.27 bits per heavy atom. The second kappa shape index (κ2) is 2.81. The molecule has 0 aromatic heterocycles. The number of hydrogen-bond donors (Lipinski definition) is 1. The van der Waals surface area contributed by atoms with Gasteiger partial charge >= 0.3 is 5.97 Å². The zero-order valence-corrected chi connectivity index (χ0v) is 7.07. The lowest BCUT2D eigenvalue weighted by molar-refractivity contribution is -0.148. The molecule has 0 saturated carbocycles. The van der Waals surface area contributed by atoms with Crippen molar-refractivity contribution in [3.8, 4) is 0 Å². The van der Waals surface area contributed by atoms with Crippen LogP contribution in [0.15, 0.2) is 0 Å². The van der Waals surface area contributed by atoms with Gasteiger partial charge in [0.2, 0.25) is 0 Å². The van der Waals surface area contributed by atoms with Crippen LogP contribution in [0.4, 0.5) is 0 Å². The van der Waals surface area contributed by atoms with Crippen molar-refractivity contribution in [2.45, 2.75) is 33.0 Å². The van der Waals surface area contributed by atoms with Gasteiger partial charge in [0.15, 0.2) is 6.10 Å². The van der Waals surface area contributed by atoms with Gasteiger partial charge in [0.25, 0.3) is 0 Å². The number of carbonyl (C=O) groups excluding carboxylic acids is 1. The van der Waals surface area contributed by atoms with Crippen molar-refractivity contribution >= 4 is 5.97 Å². The number of ether oxygens (including phenoxy) is 1. The number of rotatable bonds is 1. The third-order valence-electron chi connectivity index (χ3n) is 2.17. The van der Waals surface area contributed by atoms with E-state index in [0.29, 0.717) is 0 Å². The van der Waals surface area contributed by atoms with Crippen molar-refractivity contribution in [3.63, 3.8) is 0 Å². The highest BCUT2D eigenvalue weighted by molar-refractivity contribution is 5.77. The predicted molar refractivity (Wildman–Crippen MR) is 39.9 cm³/mol. The van der Waals surface area contributed by atoms with Crippen molar-refractivity contribution in [1.29, 1.82) is 0 Å². The fraction of sp³-hybridized carbons (Fsp3) is 0.875. The van der Waals surface area contributed by atoms with Gasteiger partial charge in [-0.3, -0.25) is 0 Å². The maximum atomic E-state index is 10.8. The van der Waals surface area contributed by atoms with Crippen LogP contribution in [0.25, 0.3) is 0 Å². The van der Waals surface area contributed by atoms with E-state index in [1.54, 1.807) is 0 Å². The molecule has 0 bridgehead atoms. The fourth-order valence-corrected chi connectivity index (χ4v) is 1.45. The van der Waals surface area contributed by atoms with E-state index >= 15 is 0 Å². The van der Waals surface area contributed by atoms with Gasteiger partial charge < -0.3 is 9.84 Å². The smallest absolute Gasteiger partial charge is 0.335 e. The Balaban J connectivity index is 2.67. The lowest BCUT2D eigenvalue weighted by Gasteiger charge is -2.17. The van der Waals surface area contributed by atoms with Crippen molar-refractivity contribution < 1.29 is 14.6 Å². The summed E-state index contributed by atoms with van der Waals surface area (Å²) in [7, 11) is 0. The number of cyclic esters (lactones) is 1. The molecule has 3 heteroatoms. The van der Waals surface area contributed by atoms with Crippen LogP contribution in [0.5, 0.6) is 0 Å². The Bertz CT molecular complexity index is 165. The van der Waals surface area contributed by atoms with E-state index in [4.69, 9.17) is 4.74 Å². The quantitative estimate of drug-likeness (QED) is 0.567. The fourth-order valence-electron chi connectivity index (χ4n) is 1.45. The zero-order valence-electron chi connectivity index (χ0n) is 7.07. The molecule has 0 radical (unpaired) electrons. The summed E-state index contributed by atoms with van der Waals surface area (Å²) in [5, 5.41) is 9.21. The van der Waals surface area contributed by atoms with E-state index in [2.05, 4.69) is 0 Å². The van der Waals surface area contributed by atoms with Gasteiger partial charge in [-0.05, 0) is 5.92 Å². The SMILES string of the molecule is CC(C)[C@H]1OC(=O)[C@@H](O)[C@@H]1C. The number of carbonyl (C=O) groups is 1. The van der Waals surface area contributed by atoms with Gasteiger partial charge in [0, 0.05) is 5.92 Å². The standard InChI is InChI=1S/C8H14O3/c1-4(2)7-5(3)6(9)8(10)11-7/h4-7,9H,1-3H3/t5-,6-,7+/m0/s1. The molecule has 0 aromatic rings. The highest BCUT2D eigenvalue weighted by atomic mass is 16.6. The van der Waals surface area contributed by atoms with E-state index in [1.165, 1.54) is 0 Å². The molecule has 64 valence electrons. The van der Waals surface area contributed by atoms with E-state index in [-0.39, 0.29) is 17.9 Å². The molecule has 0 amide bonds. The average Bonchev–Trinajstić information content (AvgIpc) is 2.17. The van der Waals surface area contributed by atoms with Crippen molar-refractivity contribution in [2.75, 3.05) is 0 Å². The maximum absolute atomic E-state index is 10.8. The first-order chi connectivity index (χ1) is 5.04. The molecule has 1 aliphatic rings. The minimum atomic E-state index is -0.914. The third-order valence-corrected chi connectivity index (χ3v) is 2.17. The molecule has 1 aliphatic heterocycles. The Morgan fingerprint density at radius 2 is 2.09 bits per heavy atom. The Morgan fingerprint density at radius 1 is 1.55 bits per heavy atom. The second-order valence-electron chi connectivity index (χ2n) is 3.45. The minimum absolute atomic E-state index is 0.0671. The van der Waals surface area contributed by atoms with Gasteiger partial charge in [-0.15, -0.1) is 0 Å². The summed E-state index contributed by atoms with van der Waals surface area (Å²) >= 11 is 0. The topological polar surface area (TPSA) is 46.5 Å². The Kier molecular flexibility index (Phi) is 2.18. The minimum Gasteiger partial charge on any atom is -0.460 e. The van der Waals surface area contributed by atoms with E-state index in [0.717, 1.165) is 0 Å². The van der Waals surface area contributed by atoms with E-state index in [1.807, 2.05) is 20.8 Å². The molecule has 3 atom stereocenters. The first-order valence-electron chi connectivity index (χ1n) is 3.92. The summed E-state index contributed by atoms with van der Waals surface area (Å²) in [5.74, 6) is -0.259. The molecule has 0 aliphatic carbocycles. The largest absolute Gasteiger partial charge is 0.460 e. The van der Waals surface area contributed by atoms with Gasteiger partial charge in [0.05, 0.1) is 0 Å². The second-order valence-corrected chi connectivity index (χ2v) is 3.45. The average molecular weight is 158 g/mol. The third kappa shape index (κ3) is 1.38. The zero-order chi connectivity index (χ0) is 8.59. The summed E-state index contributed by atoms with van der Waals surface area (Å²) in [6, 6.07) is 0. The monoisotopic (exact) mass is 158 g/mol. The van der Waals surface area contributed by atoms with E-state index in [9.17, 15) is 9.90 Å². The molecule has 3 nitrogen and oxygen atoms in total. The molecular weight excluding hydrogens is 144 g/mol. The summed E-state index contributed by atoms with van der Waals surface area (Å²) in [6.45, 7) is 5.79. The van der Waals surface area contributed by atoms with Crippen LogP contribution in [0.2, 0.25) is 0 Å². The highest BCUT2D eigenvalue weighted by Gasteiger charge is 2.41. The Hall–Kier alpha value is -0.570. The molecule has 0 spiro atoms. The molecule has 0 aromatic carbocycles. The van der Waals surface area contributed by atoms with Crippen LogP contribution in [0, 0.1) is 11.8 Å². The maximum Gasteiger partial charge on any atom is 0.335 e. The number of aliphatic hydroxyl groups is 1. The van der Waals surface area contributed by atoms with Crippen molar-refractivity contribution in [3.05, 3.63) is 0 Å². The van der Waals surface area contributed by atoms with Gasteiger partial charge in [-0.25, -0.2) is 4.79 Å². The molecule has 1 fully saturated rings. The van der Waals surface area contributed by atoms with Gasteiger partial charge in [0.1, 0.15) is 6.10 Å². The van der Waals surface area contributed by atoms with Crippen LogP contribution in [0.1, 0.15) is 20.8 Å². The lowest BCUT2D eigenvalue weighted by Crippen LogP contribution is -2.25. The first kappa shape index (κ1) is 8.53. The molecule has 1 saturated heterocycles. The van der Waals surface area contributed by atoms with Gasteiger partial charge in [-0.1, -0.05) is 20.8 Å². The molecule has 0 unspecified atom stereocenters. The van der Waals surface area contributed by atoms with Crippen molar-refractivity contribution in [1.82, 2.24) is 0 Å². The number of aliphatic hydroxyl groups excluding tert-OH is 1. The summed E-state index contributed by atoms with van der Waals surface area (Å²) in [6.07, 6.45) is -1.03. The highest BCUT2D eigenvalue weighted by Crippen LogP contribution is 2.27. The van der Waals surface area contributed by atoms with Crippen LogP contribution in [-0.4, -0.2) is 23.3 Å². The Labute approximate surface area is 66.4 Å². The molecule has 1 heterocycles. The van der Waals surface area contributed by atoms with Crippen LogP contribution >= 0.6 is 0 Å². The van der Waals surface area contributed by atoms with Gasteiger partial charge in [-0.2, -0.15) is 0 Å². The van der Waals surface area contributed by atoms with Crippen molar-refractivity contribution in [2.24, 2.45) is 11.8 Å². The predicted octanol–water partition coefficient (Wildman–Crippen LogP) is 0.565. The lowest BCUT2D eigenvalue weighted by atomic mass is 9.93. The molecular formula is C8H14O3. The summed E-state index contributed by atoms with van der Waals surface area (Å²) in [4.78, 5) is 10.8. The van der Waals surface area contributed by atoms with E-state index < -0.39 is 12.1 Å². The number of esters is 1. The first-order valence-corrected chi connectivity index (χ1v) is 3.92. The molecule has 1 rings (SSSR count).